The molecule has 0 amide bonds. The maximum absolute atomic E-state index is 2.35. The maximum Gasteiger partial charge on any atom is -0.0105 e. The van der Waals surface area contributed by atoms with E-state index in [2.05, 4.69) is 74.5 Å². The Morgan fingerprint density at radius 1 is 1.05 bits per heavy atom. The monoisotopic (exact) mass is 248 g/mol. The minimum atomic E-state index is 0.307. The Labute approximate surface area is 115 Å². The van der Waals surface area contributed by atoms with Gasteiger partial charge in [-0.3, -0.25) is 0 Å². The van der Waals surface area contributed by atoms with Crippen LogP contribution in [-0.4, -0.2) is 0 Å². The summed E-state index contributed by atoms with van der Waals surface area (Å²) in [4.78, 5) is 0. The van der Waals surface area contributed by atoms with Crippen LogP contribution in [0.15, 0.2) is 60.7 Å². The summed E-state index contributed by atoms with van der Waals surface area (Å²) in [6, 6.07) is 15.3. The summed E-state index contributed by atoms with van der Waals surface area (Å²) in [5.41, 5.74) is 3.16. The van der Waals surface area contributed by atoms with Crippen LogP contribution in [0.1, 0.15) is 32.3 Å². The quantitative estimate of drug-likeness (QED) is 0.649. The van der Waals surface area contributed by atoms with E-state index in [4.69, 9.17) is 0 Å². The lowest BCUT2D eigenvalue weighted by molar-refractivity contribution is 0.420. The molecule has 2 aromatic rings. The van der Waals surface area contributed by atoms with Gasteiger partial charge in [-0.25, -0.2) is 0 Å². The minimum absolute atomic E-state index is 0.307. The van der Waals surface area contributed by atoms with Gasteiger partial charge >= 0.3 is 0 Å². The predicted octanol–water partition coefficient (Wildman–Crippen LogP) is 5.60. The lowest BCUT2D eigenvalue weighted by Gasteiger charge is -2.29. The number of rotatable bonds is 2. The summed E-state index contributed by atoms with van der Waals surface area (Å²) < 4.78 is 0. The van der Waals surface area contributed by atoms with Crippen LogP contribution in [0.5, 0.6) is 0 Å². The van der Waals surface area contributed by atoms with Crippen molar-refractivity contribution in [1.29, 1.82) is 0 Å². The Hall–Kier alpha value is -1.82. The van der Waals surface area contributed by atoms with Crippen molar-refractivity contribution < 1.29 is 0 Å². The van der Waals surface area contributed by atoms with Gasteiger partial charge in [-0.05, 0) is 40.2 Å². The molecule has 1 unspecified atom stereocenters. The highest BCUT2D eigenvalue weighted by Gasteiger charge is 2.23. The third-order valence-electron chi connectivity index (χ3n) is 4.33. The first kappa shape index (κ1) is 12.2. The SMILES string of the molecule is CCC1(C)C=CC=C(c2cccc3ccccc23)C1. The minimum Gasteiger partial charge on any atom is -0.0783 e. The highest BCUT2D eigenvalue weighted by Crippen LogP contribution is 2.40. The Bertz CT molecular complexity index is 655. The lowest BCUT2D eigenvalue weighted by atomic mass is 9.76. The Morgan fingerprint density at radius 3 is 2.68 bits per heavy atom. The van der Waals surface area contributed by atoms with E-state index in [1.165, 1.54) is 28.3 Å². The van der Waals surface area contributed by atoms with Crippen LogP contribution in [0, 0.1) is 5.41 Å². The number of fused-ring (bicyclic) bond motifs is 1. The van der Waals surface area contributed by atoms with Gasteiger partial charge in [-0.1, -0.05) is 74.5 Å². The second-order valence-electron chi connectivity index (χ2n) is 5.76. The van der Waals surface area contributed by atoms with Crippen LogP contribution in [-0.2, 0) is 0 Å². The van der Waals surface area contributed by atoms with E-state index in [0.29, 0.717) is 5.41 Å². The standard InChI is InChI=1S/C19H20/c1-3-19(2)13-7-10-16(14-19)18-12-6-9-15-8-4-5-11-17(15)18/h4-13H,3,14H2,1-2H3. The molecule has 0 aromatic heterocycles. The average Bonchev–Trinajstić information content (AvgIpc) is 2.47. The van der Waals surface area contributed by atoms with Crippen LogP contribution >= 0.6 is 0 Å². The van der Waals surface area contributed by atoms with E-state index in [9.17, 15) is 0 Å². The van der Waals surface area contributed by atoms with E-state index in [-0.39, 0.29) is 0 Å². The zero-order valence-electron chi connectivity index (χ0n) is 11.7. The largest absolute Gasteiger partial charge is 0.0783 e. The van der Waals surface area contributed by atoms with E-state index in [0.717, 1.165) is 6.42 Å². The summed E-state index contributed by atoms with van der Waals surface area (Å²) in [6.45, 7) is 4.62. The summed E-state index contributed by atoms with van der Waals surface area (Å²) in [7, 11) is 0. The van der Waals surface area contributed by atoms with Crippen molar-refractivity contribution in [2.75, 3.05) is 0 Å². The molecule has 0 aliphatic heterocycles. The average molecular weight is 248 g/mol. The van der Waals surface area contributed by atoms with E-state index in [1.807, 2.05) is 0 Å². The van der Waals surface area contributed by atoms with E-state index < -0.39 is 0 Å². The van der Waals surface area contributed by atoms with Gasteiger partial charge in [0.25, 0.3) is 0 Å². The molecule has 0 radical (unpaired) electrons. The molecule has 19 heavy (non-hydrogen) atoms. The Morgan fingerprint density at radius 2 is 1.84 bits per heavy atom. The fourth-order valence-electron chi connectivity index (χ4n) is 2.88. The topological polar surface area (TPSA) is 0 Å². The van der Waals surface area contributed by atoms with Crippen LogP contribution in [0.4, 0.5) is 0 Å². The molecule has 1 aliphatic rings. The molecule has 0 heterocycles. The van der Waals surface area contributed by atoms with Gasteiger partial charge in [0.2, 0.25) is 0 Å². The molecule has 0 fully saturated rings. The van der Waals surface area contributed by atoms with Crippen molar-refractivity contribution in [3.63, 3.8) is 0 Å². The van der Waals surface area contributed by atoms with Crippen molar-refractivity contribution in [1.82, 2.24) is 0 Å². The molecular formula is C19H20. The Kier molecular flexibility index (Phi) is 3.02. The molecular weight excluding hydrogens is 228 g/mol. The van der Waals surface area contributed by atoms with Crippen LogP contribution in [0.2, 0.25) is 0 Å². The third kappa shape index (κ3) is 2.23. The molecule has 0 saturated heterocycles. The van der Waals surface area contributed by atoms with Crippen LogP contribution in [0.3, 0.4) is 0 Å². The van der Waals surface area contributed by atoms with Gasteiger partial charge in [-0.2, -0.15) is 0 Å². The number of benzene rings is 2. The zero-order valence-corrected chi connectivity index (χ0v) is 11.7. The Balaban J connectivity index is 2.11. The molecule has 0 spiro atoms. The molecule has 96 valence electrons. The van der Waals surface area contributed by atoms with Crippen molar-refractivity contribution >= 4 is 16.3 Å². The van der Waals surface area contributed by atoms with E-state index >= 15 is 0 Å². The molecule has 0 N–H and O–H groups in total. The predicted molar refractivity (Wildman–Crippen MR) is 84.1 cm³/mol. The van der Waals surface area contributed by atoms with Gasteiger partial charge in [0.1, 0.15) is 0 Å². The molecule has 0 saturated carbocycles. The van der Waals surface area contributed by atoms with Gasteiger partial charge in [0.05, 0.1) is 0 Å². The van der Waals surface area contributed by atoms with Crippen LogP contribution < -0.4 is 0 Å². The highest BCUT2D eigenvalue weighted by atomic mass is 14.3. The van der Waals surface area contributed by atoms with Crippen molar-refractivity contribution in [3.8, 4) is 0 Å². The molecule has 0 nitrogen and oxygen atoms in total. The van der Waals surface area contributed by atoms with Gasteiger partial charge in [0.15, 0.2) is 0 Å². The highest BCUT2D eigenvalue weighted by molar-refractivity contribution is 5.94. The first-order valence-electron chi connectivity index (χ1n) is 7.08. The second-order valence-corrected chi connectivity index (χ2v) is 5.76. The molecule has 0 bridgehead atoms. The molecule has 2 aromatic carbocycles. The van der Waals surface area contributed by atoms with Crippen molar-refractivity contribution in [3.05, 3.63) is 66.3 Å². The van der Waals surface area contributed by atoms with Crippen molar-refractivity contribution in [2.24, 2.45) is 5.41 Å². The smallest absolute Gasteiger partial charge is 0.0105 e. The van der Waals surface area contributed by atoms with Crippen LogP contribution in [0.25, 0.3) is 16.3 Å². The fourth-order valence-corrected chi connectivity index (χ4v) is 2.88. The first-order valence-corrected chi connectivity index (χ1v) is 7.08. The van der Waals surface area contributed by atoms with Gasteiger partial charge in [0, 0.05) is 0 Å². The van der Waals surface area contributed by atoms with Gasteiger partial charge in [-0.15, -0.1) is 0 Å². The molecule has 0 heteroatoms. The molecule has 3 rings (SSSR count). The van der Waals surface area contributed by atoms with Gasteiger partial charge < -0.3 is 0 Å². The summed E-state index contributed by atoms with van der Waals surface area (Å²) in [6.07, 6.45) is 9.17. The number of hydrogen-bond acceptors (Lipinski definition) is 0. The number of allylic oxidation sites excluding steroid dienone is 4. The van der Waals surface area contributed by atoms with E-state index in [1.54, 1.807) is 0 Å². The fraction of sp³-hybridized carbons (Fsp3) is 0.263. The maximum atomic E-state index is 2.35. The summed E-state index contributed by atoms with van der Waals surface area (Å²) >= 11 is 0. The zero-order chi connectivity index (χ0) is 13.3. The molecule has 1 aliphatic carbocycles. The lowest BCUT2D eigenvalue weighted by Crippen LogP contribution is -2.14. The molecule has 1 atom stereocenters. The first-order chi connectivity index (χ1) is 9.22. The number of hydrogen-bond donors (Lipinski definition) is 0. The van der Waals surface area contributed by atoms with Crippen molar-refractivity contribution in [2.45, 2.75) is 26.7 Å². The second kappa shape index (κ2) is 4.70. The normalized spacial score (nSPS) is 22.5. The summed E-state index contributed by atoms with van der Waals surface area (Å²) in [5, 5.41) is 2.69. The summed E-state index contributed by atoms with van der Waals surface area (Å²) in [5.74, 6) is 0. The third-order valence-corrected chi connectivity index (χ3v) is 4.33.